The van der Waals surface area contributed by atoms with E-state index in [-0.39, 0.29) is 0 Å². The fourth-order valence-electron chi connectivity index (χ4n) is 3.26. The highest BCUT2D eigenvalue weighted by molar-refractivity contribution is 5.71. The first-order chi connectivity index (χ1) is 12.7. The van der Waals surface area contributed by atoms with Gasteiger partial charge in [-0.1, -0.05) is 6.07 Å². The molecular weight excluding hydrogens is 324 g/mol. The van der Waals surface area contributed by atoms with Crippen molar-refractivity contribution in [3.63, 3.8) is 0 Å². The van der Waals surface area contributed by atoms with Crippen LogP contribution in [0.15, 0.2) is 61.6 Å². The Balaban J connectivity index is 1.74. The lowest BCUT2D eigenvalue weighted by molar-refractivity contribution is 0.688. The average Bonchev–Trinajstić information content (AvgIpc) is 3.32. The van der Waals surface area contributed by atoms with Crippen molar-refractivity contribution in [2.24, 2.45) is 0 Å². The summed E-state index contributed by atoms with van der Waals surface area (Å²) in [7, 11) is 0. The summed E-state index contributed by atoms with van der Waals surface area (Å²) in [5.41, 5.74) is 5.49. The van der Waals surface area contributed by atoms with Crippen molar-refractivity contribution in [1.29, 1.82) is 0 Å². The molecule has 4 aromatic rings. The van der Waals surface area contributed by atoms with Gasteiger partial charge in [0.2, 0.25) is 0 Å². The number of rotatable bonds is 5. The molecule has 6 heteroatoms. The minimum atomic E-state index is 0.791. The summed E-state index contributed by atoms with van der Waals surface area (Å²) in [5, 5.41) is 4.43. The molecule has 0 N–H and O–H groups in total. The summed E-state index contributed by atoms with van der Waals surface area (Å²) in [4.78, 5) is 13.1. The van der Waals surface area contributed by atoms with Gasteiger partial charge in [-0.25, -0.2) is 9.67 Å². The summed E-state index contributed by atoms with van der Waals surface area (Å²) >= 11 is 0. The maximum absolute atomic E-state index is 4.64. The number of imidazole rings is 1. The molecule has 0 aliphatic carbocycles. The summed E-state index contributed by atoms with van der Waals surface area (Å²) in [6.07, 6.45) is 13.6. The van der Waals surface area contributed by atoms with Gasteiger partial charge in [-0.3, -0.25) is 9.97 Å². The summed E-state index contributed by atoms with van der Waals surface area (Å²) in [5.74, 6) is 0.936. The van der Waals surface area contributed by atoms with E-state index < -0.39 is 0 Å². The van der Waals surface area contributed by atoms with Crippen LogP contribution in [0.2, 0.25) is 0 Å². The molecule has 3 aromatic heterocycles. The van der Waals surface area contributed by atoms with Crippen molar-refractivity contribution < 1.29 is 0 Å². The zero-order valence-corrected chi connectivity index (χ0v) is 14.9. The van der Waals surface area contributed by atoms with Crippen molar-refractivity contribution >= 4 is 0 Å². The van der Waals surface area contributed by atoms with Crippen LogP contribution in [0.3, 0.4) is 0 Å². The van der Waals surface area contributed by atoms with Crippen molar-refractivity contribution in [1.82, 2.24) is 29.3 Å². The minimum Gasteiger partial charge on any atom is -0.331 e. The summed E-state index contributed by atoms with van der Waals surface area (Å²) in [6.45, 7) is 5.01. The molecule has 1 aromatic carbocycles. The molecule has 130 valence electrons. The lowest BCUT2D eigenvalue weighted by Crippen LogP contribution is -2.07. The molecule has 0 unspecified atom stereocenters. The van der Waals surface area contributed by atoms with Crippen molar-refractivity contribution in [3.05, 3.63) is 78.4 Å². The topological polar surface area (TPSA) is 61.4 Å². The fraction of sp³-hybridized carbons (Fsp3) is 0.200. The number of hydrogen-bond donors (Lipinski definition) is 0. The minimum absolute atomic E-state index is 0.791. The second-order valence-corrected chi connectivity index (χ2v) is 6.32. The Hall–Kier alpha value is -3.28. The van der Waals surface area contributed by atoms with Crippen LogP contribution in [0.4, 0.5) is 0 Å². The van der Waals surface area contributed by atoms with Gasteiger partial charge < -0.3 is 4.57 Å². The third kappa shape index (κ3) is 3.13. The molecule has 0 saturated carbocycles. The molecule has 0 aliphatic rings. The van der Waals surface area contributed by atoms with Gasteiger partial charge in [0.1, 0.15) is 5.82 Å². The zero-order chi connectivity index (χ0) is 17.9. The first-order valence-electron chi connectivity index (χ1n) is 8.60. The average molecular weight is 344 g/mol. The first-order valence-corrected chi connectivity index (χ1v) is 8.60. The number of aromatic nitrogens is 6. The van der Waals surface area contributed by atoms with Crippen LogP contribution in [0, 0.1) is 13.8 Å². The van der Waals surface area contributed by atoms with Crippen LogP contribution in [0.1, 0.15) is 16.8 Å². The van der Waals surface area contributed by atoms with Crippen LogP contribution < -0.4 is 0 Å². The van der Waals surface area contributed by atoms with Gasteiger partial charge in [-0.2, -0.15) is 5.10 Å². The standard InChI is InChI=1S/C20H20N6/c1-15-12-16(2)19(26-9-3-5-24-26)18(13-15)20-23-8-11-25(20)10-4-17-14-21-6-7-22-17/h3,5-9,11-14H,4,10H2,1-2H3. The maximum atomic E-state index is 4.64. The normalized spacial score (nSPS) is 11.0. The Morgan fingerprint density at radius 3 is 2.65 bits per heavy atom. The van der Waals surface area contributed by atoms with Gasteiger partial charge in [-0.15, -0.1) is 0 Å². The molecule has 0 radical (unpaired) electrons. The molecule has 0 bridgehead atoms. The Morgan fingerprint density at radius 2 is 1.88 bits per heavy atom. The van der Waals surface area contributed by atoms with Gasteiger partial charge in [0.15, 0.2) is 0 Å². The molecular formula is C20H20N6. The second-order valence-electron chi connectivity index (χ2n) is 6.32. The third-order valence-corrected chi connectivity index (χ3v) is 4.36. The van der Waals surface area contributed by atoms with Crippen LogP contribution in [0.5, 0.6) is 0 Å². The molecule has 6 nitrogen and oxygen atoms in total. The SMILES string of the molecule is Cc1cc(C)c(-n2cccn2)c(-c2nccn2CCc2cnccn2)c1. The molecule has 0 aliphatic heterocycles. The number of nitrogens with zero attached hydrogens (tertiary/aromatic N) is 6. The maximum Gasteiger partial charge on any atom is 0.142 e. The number of aryl methyl sites for hydroxylation is 4. The van der Waals surface area contributed by atoms with Gasteiger partial charge in [0.25, 0.3) is 0 Å². The van der Waals surface area contributed by atoms with Crippen molar-refractivity contribution in [2.45, 2.75) is 26.8 Å². The number of benzene rings is 1. The lowest BCUT2D eigenvalue weighted by atomic mass is 10.0. The van der Waals surface area contributed by atoms with Crippen LogP contribution in [-0.2, 0) is 13.0 Å². The van der Waals surface area contributed by atoms with E-state index in [9.17, 15) is 0 Å². The van der Waals surface area contributed by atoms with Crippen LogP contribution in [0.25, 0.3) is 17.1 Å². The van der Waals surface area contributed by atoms with E-state index in [1.807, 2.05) is 35.5 Å². The van der Waals surface area contributed by atoms with E-state index in [1.165, 1.54) is 11.1 Å². The Labute approximate surface area is 152 Å². The molecule has 0 saturated heterocycles. The Bertz CT molecular complexity index is 1000. The van der Waals surface area contributed by atoms with E-state index in [4.69, 9.17) is 0 Å². The van der Waals surface area contributed by atoms with E-state index in [0.29, 0.717) is 0 Å². The summed E-state index contributed by atoms with van der Waals surface area (Å²) in [6, 6.07) is 6.28. The molecule has 3 heterocycles. The predicted molar refractivity (Wildman–Crippen MR) is 100.0 cm³/mol. The third-order valence-electron chi connectivity index (χ3n) is 4.36. The van der Waals surface area contributed by atoms with Gasteiger partial charge in [0.05, 0.1) is 11.4 Å². The second kappa shape index (κ2) is 6.92. The largest absolute Gasteiger partial charge is 0.331 e. The Kier molecular flexibility index (Phi) is 4.31. The predicted octanol–water partition coefficient (Wildman–Crippen LogP) is 3.39. The van der Waals surface area contributed by atoms with Gasteiger partial charge in [-0.05, 0) is 37.1 Å². The molecule has 0 atom stereocenters. The van der Waals surface area contributed by atoms with E-state index >= 15 is 0 Å². The van der Waals surface area contributed by atoms with Crippen LogP contribution in [-0.4, -0.2) is 29.3 Å². The molecule has 0 fully saturated rings. The number of hydrogen-bond acceptors (Lipinski definition) is 4. The monoisotopic (exact) mass is 344 g/mol. The van der Waals surface area contributed by atoms with Crippen molar-refractivity contribution in [3.8, 4) is 17.1 Å². The highest BCUT2D eigenvalue weighted by Crippen LogP contribution is 2.29. The quantitative estimate of drug-likeness (QED) is 0.557. The lowest BCUT2D eigenvalue weighted by Gasteiger charge is -2.15. The van der Waals surface area contributed by atoms with E-state index in [2.05, 4.69) is 50.6 Å². The zero-order valence-electron chi connectivity index (χ0n) is 14.9. The van der Waals surface area contributed by atoms with Crippen LogP contribution >= 0.6 is 0 Å². The summed E-state index contributed by atoms with van der Waals surface area (Å²) < 4.78 is 4.07. The Morgan fingerprint density at radius 1 is 0.962 bits per heavy atom. The van der Waals surface area contributed by atoms with Crippen molar-refractivity contribution in [2.75, 3.05) is 0 Å². The highest BCUT2D eigenvalue weighted by atomic mass is 15.3. The fourth-order valence-corrected chi connectivity index (χ4v) is 3.26. The molecule has 26 heavy (non-hydrogen) atoms. The van der Waals surface area contributed by atoms with E-state index in [0.717, 1.165) is 35.7 Å². The van der Waals surface area contributed by atoms with Gasteiger partial charge >= 0.3 is 0 Å². The smallest absolute Gasteiger partial charge is 0.142 e. The molecule has 0 amide bonds. The first kappa shape index (κ1) is 16.2. The van der Waals surface area contributed by atoms with Gasteiger partial charge in [0, 0.05) is 61.9 Å². The van der Waals surface area contributed by atoms with E-state index in [1.54, 1.807) is 18.6 Å². The highest BCUT2D eigenvalue weighted by Gasteiger charge is 2.16. The molecule has 0 spiro atoms. The molecule has 4 rings (SSSR count).